The van der Waals surface area contributed by atoms with Gasteiger partial charge in [-0.1, -0.05) is 26.4 Å². The Hall–Kier alpha value is 0.0869. The molecular formula is C11H25NO3SSi. The third-order valence-corrected chi connectivity index (χ3v) is 7.91. The van der Waals surface area contributed by atoms with Crippen molar-refractivity contribution in [3.63, 3.8) is 0 Å². The van der Waals surface area contributed by atoms with Crippen LogP contribution in [0.1, 0.15) is 33.1 Å². The van der Waals surface area contributed by atoms with E-state index in [0.717, 1.165) is 19.2 Å². The van der Waals surface area contributed by atoms with E-state index in [2.05, 4.69) is 25.0 Å². The molecule has 0 bridgehead atoms. The number of unbranched alkanes of at least 4 members (excludes halogenated alkanes) is 1. The minimum Gasteiger partial charge on any atom is -0.337 e. The van der Waals surface area contributed by atoms with Crippen LogP contribution < -0.4 is 4.98 Å². The first-order chi connectivity index (χ1) is 7.61. The molecule has 0 aromatic heterocycles. The van der Waals surface area contributed by atoms with Crippen molar-refractivity contribution >= 4 is 18.4 Å². The van der Waals surface area contributed by atoms with Crippen LogP contribution in [0.25, 0.3) is 0 Å². The van der Waals surface area contributed by atoms with Crippen LogP contribution in [0.3, 0.4) is 0 Å². The van der Waals surface area contributed by atoms with Crippen molar-refractivity contribution in [3.8, 4) is 0 Å². The largest absolute Gasteiger partial charge is 0.337 e. The van der Waals surface area contributed by atoms with Crippen molar-refractivity contribution < 1.29 is 12.6 Å². The number of rotatable bonds is 7. The fourth-order valence-electron chi connectivity index (χ4n) is 2.51. The van der Waals surface area contributed by atoms with Gasteiger partial charge < -0.3 is 4.98 Å². The lowest BCUT2D eigenvalue weighted by Crippen LogP contribution is -2.47. The zero-order chi connectivity index (χ0) is 13.3. The maximum Gasteiger partial charge on any atom is 0.264 e. The molecule has 0 radical (unpaired) electrons. The van der Waals surface area contributed by atoms with Crippen LogP contribution in [0.15, 0.2) is 0 Å². The van der Waals surface area contributed by atoms with Gasteiger partial charge >= 0.3 is 0 Å². The summed E-state index contributed by atoms with van der Waals surface area (Å²) in [4.78, 5) is 3.63. The van der Waals surface area contributed by atoms with E-state index in [1.165, 1.54) is 12.8 Å². The molecule has 0 heterocycles. The lowest BCUT2D eigenvalue weighted by atomic mass is 10.3. The van der Waals surface area contributed by atoms with Crippen LogP contribution in [0, 0.1) is 0 Å². The molecule has 1 aliphatic rings. The highest BCUT2D eigenvalue weighted by atomic mass is 32.2. The van der Waals surface area contributed by atoms with Gasteiger partial charge in [0, 0.05) is 5.54 Å². The van der Waals surface area contributed by atoms with Crippen LogP contribution >= 0.6 is 0 Å². The summed E-state index contributed by atoms with van der Waals surface area (Å²) >= 11 is 0. The highest BCUT2D eigenvalue weighted by Crippen LogP contribution is 2.57. The zero-order valence-corrected chi connectivity index (χ0v) is 13.4. The quantitative estimate of drug-likeness (QED) is 0.440. The molecule has 1 aliphatic carbocycles. The van der Waals surface area contributed by atoms with Crippen molar-refractivity contribution in [1.82, 2.24) is 4.98 Å². The van der Waals surface area contributed by atoms with Crippen LogP contribution in [-0.2, 0) is 14.3 Å². The Balaban J connectivity index is 2.53. The maximum atomic E-state index is 11.2. The summed E-state index contributed by atoms with van der Waals surface area (Å²) in [5.41, 5.74) is -0.0655. The summed E-state index contributed by atoms with van der Waals surface area (Å²) < 4.78 is 27.6. The van der Waals surface area contributed by atoms with E-state index in [4.69, 9.17) is 4.18 Å². The summed E-state index contributed by atoms with van der Waals surface area (Å²) in [6.07, 6.45) is 4.34. The molecule has 0 saturated heterocycles. The van der Waals surface area contributed by atoms with E-state index in [-0.39, 0.29) is 0 Å². The van der Waals surface area contributed by atoms with Gasteiger partial charge in [0.05, 0.1) is 11.9 Å². The Morgan fingerprint density at radius 1 is 1.47 bits per heavy atom. The van der Waals surface area contributed by atoms with Gasteiger partial charge in [-0.05, 0) is 26.3 Å². The molecule has 1 saturated carbocycles. The van der Waals surface area contributed by atoms with E-state index in [9.17, 15) is 8.42 Å². The normalized spacial score (nSPS) is 29.4. The van der Waals surface area contributed by atoms with Crippen molar-refractivity contribution in [2.75, 3.05) is 12.8 Å². The lowest BCUT2D eigenvalue weighted by molar-refractivity contribution is 0.209. The average molecular weight is 279 g/mol. The molecule has 2 unspecified atom stereocenters. The highest BCUT2D eigenvalue weighted by molar-refractivity contribution is 7.86. The van der Waals surface area contributed by atoms with Gasteiger partial charge in [-0.3, -0.25) is 4.18 Å². The lowest BCUT2D eigenvalue weighted by Gasteiger charge is -2.26. The summed E-state index contributed by atoms with van der Waals surface area (Å²) in [6.45, 7) is 9.62. The van der Waals surface area contributed by atoms with Crippen molar-refractivity contribution in [1.29, 1.82) is 0 Å². The SMILES string of the molecule is CCCCN[Si](C)(C)C1CC1(C)OS(C)(=O)=O. The van der Waals surface area contributed by atoms with Gasteiger partial charge in [0.25, 0.3) is 10.1 Å². The standard InChI is InChI=1S/C11H25NO3SSi/c1-6-7-8-12-17(4,5)10-9-11(10,2)15-16(3,13)14/h10,12H,6-9H2,1-5H3. The van der Waals surface area contributed by atoms with Gasteiger partial charge in [-0.25, -0.2) is 0 Å². The van der Waals surface area contributed by atoms with Gasteiger partial charge in [0.1, 0.15) is 8.24 Å². The molecule has 0 aromatic carbocycles. The Labute approximate surface area is 106 Å². The van der Waals surface area contributed by atoms with Crippen molar-refractivity contribution in [2.45, 2.75) is 57.3 Å². The first kappa shape index (κ1) is 15.1. The zero-order valence-electron chi connectivity index (χ0n) is 11.5. The first-order valence-electron chi connectivity index (χ1n) is 6.26. The fourth-order valence-corrected chi connectivity index (χ4v) is 7.04. The van der Waals surface area contributed by atoms with E-state index < -0.39 is 24.0 Å². The number of nitrogens with one attached hydrogen (secondary N) is 1. The molecular weight excluding hydrogens is 254 g/mol. The predicted molar refractivity (Wildman–Crippen MR) is 73.1 cm³/mol. The molecule has 0 amide bonds. The van der Waals surface area contributed by atoms with E-state index in [1.807, 2.05) is 6.92 Å². The highest BCUT2D eigenvalue weighted by Gasteiger charge is 2.61. The second-order valence-electron chi connectivity index (χ2n) is 5.86. The molecule has 4 nitrogen and oxygen atoms in total. The Morgan fingerprint density at radius 3 is 2.53 bits per heavy atom. The van der Waals surface area contributed by atoms with E-state index >= 15 is 0 Å². The molecule has 1 rings (SSSR count). The molecule has 1 N–H and O–H groups in total. The smallest absolute Gasteiger partial charge is 0.264 e. The summed E-state index contributed by atoms with van der Waals surface area (Å²) in [7, 11) is -4.92. The molecule has 0 aliphatic heterocycles. The van der Waals surface area contributed by atoms with Crippen LogP contribution in [0.4, 0.5) is 0 Å². The molecule has 6 heteroatoms. The van der Waals surface area contributed by atoms with Crippen LogP contribution in [-0.4, -0.2) is 35.1 Å². The third-order valence-electron chi connectivity index (χ3n) is 3.51. The summed E-state index contributed by atoms with van der Waals surface area (Å²) in [5, 5.41) is 0. The average Bonchev–Trinajstić information content (AvgIpc) is 2.75. The Bertz CT molecular complexity index is 369. The maximum absolute atomic E-state index is 11.2. The summed E-state index contributed by atoms with van der Waals surface area (Å²) in [6, 6.07) is 0. The second-order valence-corrected chi connectivity index (χ2v) is 11.9. The Kier molecular flexibility index (Phi) is 4.45. The van der Waals surface area contributed by atoms with Gasteiger partial charge in [0.2, 0.25) is 0 Å². The minimum atomic E-state index is -3.34. The molecule has 102 valence electrons. The van der Waals surface area contributed by atoms with Crippen LogP contribution in [0.5, 0.6) is 0 Å². The van der Waals surface area contributed by atoms with Gasteiger partial charge in [0.15, 0.2) is 0 Å². The van der Waals surface area contributed by atoms with Crippen LogP contribution in [0.2, 0.25) is 18.6 Å². The first-order valence-corrected chi connectivity index (χ1v) is 11.2. The number of hydrogen-bond acceptors (Lipinski definition) is 4. The molecule has 0 spiro atoms. The minimum absolute atomic E-state index is 0.390. The Morgan fingerprint density at radius 2 is 2.06 bits per heavy atom. The summed E-state index contributed by atoms with van der Waals surface area (Å²) in [5.74, 6) is 0. The molecule has 1 fully saturated rings. The predicted octanol–water partition coefficient (Wildman–Crippen LogP) is 2.09. The molecule has 17 heavy (non-hydrogen) atoms. The van der Waals surface area contributed by atoms with E-state index in [0.29, 0.717) is 5.54 Å². The molecule has 0 aromatic rings. The monoisotopic (exact) mass is 279 g/mol. The fraction of sp³-hybridized carbons (Fsp3) is 1.00. The van der Waals surface area contributed by atoms with Gasteiger partial charge in [-0.15, -0.1) is 0 Å². The van der Waals surface area contributed by atoms with Crippen molar-refractivity contribution in [2.24, 2.45) is 0 Å². The van der Waals surface area contributed by atoms with Gasteiger partial charge in [-0.2, -0.15) is 8.42 Å². The topological polar surface area (TPSA) is 55.4 Å². The second kappa shape index (κ2) is 4.99. The third kappa shape index (κ3) is 4.35. The number of hydrogen-bond donors (Lipinski definition) is 1. The molecule has 2 atom stereocenters. The van der Waals surface area contributed by atoms with Crippen molar-refractivity contribution in [3.05, 3.63) is 0 Å². The van der Waals surface area contributed by atoms with E-state index in [1.54, 1.807) is 0 Å².